The number of hydrogen-bond donors (Lipinski definition) is 0. The summed E-state index contributed by atoms with van der Waals surface area (Å²) in [6.45, 7) is 7.63. The largest absolute Gasteiger partial charge is 0.335 e. The summed E-state index contributed by atoms with van der Waals surface area (Å²) in [5, 5.41) is 0. The molecule has 0 saturated carbocycles. The SMILES string of the molecule is [B]C1=CN2C(=C(C)CCC(C)=C2C(=O)N2CCN(C)CC2)C=C1. The Morgan fingerprint density at radius 2 is 1.70 bits per heavy atom. The van der Waals surface area contributed by atoms with Crippen LogP contribution in [0.4, 0.5) is 0 Å². The highest BCUT2D eigenvalue weighted by Gasteiger charge is 2.30. The molecule has 0 spiro atoms. The normalized spacial score (nSPS) is 23.0. The number of rotatable bonds is 1. The van der Waals surface area contributed by atoms with Gasteiger partial charge in [-0.3, -0.25) is 4.79 Å². The zero-order valence-electron chi connectivity index (χ0n) is 14.3. The molecule has 2 radical (unpaired) electrons. The highest BCUT2D eigenvalue weighted by Crippen LogP contribution is 2.33. The molecule has 3 rings (SSSR count). The average molecular weight is 309 g/mol. The van der Waals surface area contributed by atoms with E-state index in [9.17, 15) is 4.79 Å². The molecular formula is C18H24BN3O. The number of fused-ring (bicyclic) bond motifs is 1. The van der Waals surface area contributed by atoms with E-state index >= 15 is 0 Å². The van der Waals surface area contributed by atoms with Gasteiger partial charge in [0.1, 0.15) is 13.5 Å². The number of piperazine rings is 1. The standard InChI is InChI=1S/C18H24BN3O/c1-13-4-5-14(2)17(22-12-15(19)6-7-16(13)22)18(23)21-10-8-20(3)9-11-21/h6-7,12H,4-5,8-11H2,1-3H3. The molecule has 0 aromatic rings. The fraction of sp³-hybridized carbons (Fsp3) is 0.500. The van der Waals surface area contributed by atoms with Crippen molar-refractivity contribution in [3.05, 3.63) is 46.4 Å². The first-order chi connectivity index (χ1) is 11.0. The third kappa shape index (κ3) is 3.15. The van der Waals surface area contributed by atoms with Gasteiger partial charge in [0.05, 0.1) is 0 Å². The lowest BCUT2D eigenvalue weighted by atomic mass is 9.93. The molecule has 0 atom stereocenters. The van der Waals surface area contributed by atoms with Gasteiger partial charge in [0.15, 0.2) is 0 Å². The number of carbonyl (C=O) groups excluding carboxylic acids is 1. The molecule has 0 aromatic heterocycles. The number of hydrogen-bond acceptors (Lipinski definition) is 3. The summed E-state index contributed by atoms with van der Waals surface area (Å²) < 4.78 is 0. The number of likely N-dealkylation sites (N-methyl/N-ethyl adjacent to an activating group) is 1. The lowest BCUT2D eigenvalue weighted by Crippen LogP contribution is -2.49. The second-order valence-electron chi connectivity index (χ2n) is 6.72. The van der Waals surface area contributed by atoms with Crippen LogP contribution in [0.2, 0.25) is 0 Å². The van der Waals surface area contributed by atoms with Gasteiger partial charge in [0.2, 0.25) is 0 Å². The van der Waals surface area contributed by atoms with Crippen molar-refractivity contribution in [3.63, 3.8) is 0 Å². The van der Waals surface area contributed by atoms with Crippen LogP contribution in [-0.4, -0.2) is 61.7 Å². The zero-order chi connectivity index (χ0) is 16.6. The van der Waals surface area contributed by atoms with E-state index < -0.39 is 0 Å². The van der Waals surface area contributed by atoms with E-state index in [1.807, 2.05) is 28.2 Å². The Labute approximate surface area is 140 Å². The molecule has 3 aliphatic heterocycles. The van der Waals surface area contributed by atoms with E-state index in [1.165, 1.54) is 5.57 Å². The van der Waals surface area contributed by atoms with Gasteiger partial charge in [0.25, 0.3) is 5.91 Å². The first-order valence-corrected chi connectivity index (χ1v) is 8.29. The van der Waals surface area contributed by atoms with Crippen molar-refractivity contribution in [2.24, 2.45) is 0 Å². The number of nitrogens with zero attached hydrogens (tertiary/aromatic N) is 3. The molecule has 120 valence electrons. The quantitative estimate of drug-likeness (QED) is 0.693. The predicted octanol–water partition coefficient (Wildman–Crippen LogP) is 1.98. The number of amides is 1. The van der Waals surface area contributed by atoms with Crippen molar-refractivity contribution in [2.75, 3.05) is 33.2 Å². The van der Waals surface area contributed by atoms with Gasteiger partial charge in [-0.05, 0) is 51.0 Å². The second-order valence-corrected chi connectivity index (χ2v) is 6.72. The highest BCUT2D eigenvalue weighted by atomic mass is 16.2. The third-order valence-electron chi connectivity index (χ3n) is 4.92. The van der Waals surface area contributed by atoms with Crippen LogP contribution in [0.15, 0.2) is 46.4 Å². The molecule has 4 nitrogen and oxygen atoms in total. The first kappa shape index (κ1) is 16.1. The molecular weight excluding hydrogens is 285 g/mol. The molecule has 1 saturated heterocycles. The van der Waals surface area contributed by atoms with Gasteiger partial charge in [-0.15, -0.1) is 0 Å². The maximum absolute atomic E-state index is 13.2. The van der Waals surface area contributed by atoms with Crippen molar-refractivity contribution in [3.8, 4) is 0 Å². The summed E-state index contributed by atoms with van der Waals surface area (Å²) in [4.78, 5) is 19.4. The smallest absolute Gasteiger partial charge is 0.270 e. The maximum atomic E-state index is 13.2. The van der Waals surface area contributed by atoms with Crippen LogP contribution in [0, 0.1) is 0 Å². The van der Waals surface area contributed by atoms with Crippen LogP contribution in [0.5, 0.6) is 0 Å². The lowest BCUT2D eigenvalue weighted by molar-refractivity contribution is -0.129. The summed E-state index contributed by atoms with van der Waals surface area (Å²) in [6.07, 6.45) is 7.73. The van der Waals surface area contributed by atoms with Gasteiger partial charge >= 0.3 is 0 Å². The van der Waals surface area contributed by atoms with Crippen molar-refractivity contribution in [2.45, 2.75) is 26.7 Å². The van der Waals surface area contributed by atoms with Crippen molar-refractivity contribution in [1.29, 1.82) is 0 Å². The molecule has 23 heavy (non-hydrogen) atoms. The fourth-order valence-corrected chi connectivity index (χ4v) is 3.32. The van der Waals surface area contributed by atoms with Gasteiger partial charge in [-0.25, -0.2) is 0 Å². The fourth-order valence-electron chi connectivity index (χ4n) is 3.32. The summed E-state index contributed by atoms with van der Waals surface area (Å²) >= 11 is 0. The van der Waals surface area contributed by atoms with Crippen molar-refractivity contribution >= 4 is 13.8 Å². The average Bonchev–Trinajstić information content (AvgIpc) is 2.64. The van der Waals surface area contributed by atoms with Crippen LogP contribution in [-0.2, 0) is 4.79 Å². The Kier molecular flexibility index (Phi) is 4.49. The monoisotopic (exact) mass is 309 g/mol. The van der Waals surface area contributed by atoms with Gasteiger partial charge in [-0.1, -0.05) is 11.5 Å². The molecule has 1 amide bonds. The molecule has 0 N–H and O–H groups in total. The van der Waals surface area contributed by atoms with E-state index in [2.05, 4.69) is 25.8 Å². The molecule has 0 aliphatic carbocycles. The van der Waals surface area contributed by atoms with Crippen LogP contribution in [0.3, 0.4) is 0 Å². The summed E-state index contributed by atoms with van der Waals surface area (Å²) in [5.41, 5.74) is 5.00. The molecule has 5 heteroatoms. The Morgan fingerprint density at radius 3 is 2.39 bits per heavy atom. The Morgan fingerprint density at radius 1 is 1.04 bits per heavy atom. The van der Waals surface area contributed by atoms with Crippen LogP contribution in [0.1, 0.15) is 26.7 Å². The molecule has 0 aromatic carbocycles. The Hall–Kier alpha value is -1.75. The van der Waals surface area contributed by atoms with E-state index in [4.69, 9.17) is 7.85 Å². The van der Waals surface area contributed by atoms with E-state index in [-0.39, 0.29) is 5.91 Å². The highest BCUT2D eigenvalue weighted by molar-refractivity contribution is 6.23. The number of allylic oxidation sites excluding steroid dienone is 5. The molecule has 3 heterocycles. The van der Waals surface area contributed by atoms with Crippen molar-refractivity contribution in [1.82, 2.24) is 14.7 Å². The predicted molar refractivity (Wildman–Crippen MR) is 93.5 cm³/mol. The summed E-state index contributed by atoms with van der Waals surface area (Å²) in [7, 11) is 8.10. The summed E-state index contributed by atoms with van der Waals surface area (Å²) in [5.74, 6) is 0.127. The minimum Gasteiger partial charge on any atom is -0.335 e. The minimum absolute atomic E-state index is 0.127. The Bertz CT molecular complexity index is 637. The molecule has 0 unspecified atom stereocenters. The lowest BCUT2D eigenvalue weighted by Gasteiger charge is -2.36. The van der Waals surface area contributed by atoms with E-state index in [0.717, 1.165) is 56.0 Å². The topological polar surface area (TPSA) is 26.8 Å². The minimum atomic E-state index is 0.127. The van der Waals surface area contributed by atoms with Crippen molar-refractivity contribution < 1.29 is 4.79 Å². The maximum Gasteiger partial charge on any atom is 0.270 e. The van der Waals surface area contributed by atoms with Gasteiger partial charge in [-0.2, -0.15) is 0 Å². The van der Waals surface area contributed by atoms with E-state index in [0.29, 0.717) is 5.47 Å². The molecule has 1 fully saturated rings. The van der Waals surface area contributed by atoms with Crippen LogP contribution in [0.25, 0.3) is 0 Å². The van der Waals surface area contributed by atoms with Gasteiger partial charge < -0.3 is 14.7 Å². The van der Waals surface area contributed by atoms with Gasteiger partial charge in [0, 0.05) is 38.1 Å². The zero-order valence-corrected chi connectivity index (χ0v) is 14.3. The first-order valence-electron chi connectivity index (χ1n) is 8.29. The number of carbonyl (C=O) groups is 1. The van der Waals surface area contributed by atoms with E-state index in [1.54, 1.807) is 0 Å². The molecule has 3 aliphatic rings. The molecule has 0 bridgehead atoms. The van der Waals surface area contributed by atoms with Crippen LogP contribution < -0.4 is 0 Å². The Balaban J connectivity index is 1.95. The van der Waals surface area contributed by atoms with Crippen LogP contribution >= 0.6 is 0 Å². The third-order valence-corrected chi connectivity index (χ3v) is 4.92. The second kappa shape index (κ2) is 6.40. The summed E-state index contributed by atoms with van der Waals surface area (Å²) in [6, 6.07) is 0.